The van der Waals surface area contributed by atoms with E-state index in [1.807, 2.05) is 24.0 Å². The van der Waals surface area contributed by atoms with Crippen molar-refractivity contribution in [3.8, 4) is 0 Å². The molecular formula is C25H33Cl2N5O. The molecule has 0 bridgehead atoms. The zero-order valence-corrected chi connectivity index (χ0v) is 21.0. The van der Waals surface area contributed by atoms with E-state index in [-0.39, 0.29) is 5.91 Å². The van der Waals surface area contributed by atoms with Gasteiger partial charge in [0.1, 0.15) is 17.8 Å². The normalized spacial score (nSPS) is 20.1. The fraction of sp³-hybridized carbons (Fsp3) is 0.560. The Morgan fingerprint density at radius 2 is 1.91 bits per heavy atom. The van der Waals surface area contributed by atoms with Gasteiger partial charge in [0, 0.05) is 37.8 Å². The molecular weight excluding hydrogens is 457 g/mol. The van der Waals surface area contributed by atoms with Crippen LogP contribution in [0, 0.1) is 12.8 Å². The molecule has 0 saturated carbocycles. The van der Waals surface area contributed by atoms with Crippen LogP contribution in [0.1, 0.15) is 54.2 Å². The molecule has 1 aromatic heterocycles. The van der Waals surface area contributed by atoms with Gasteiger partial charge in [0.05, 0.1) is 10.0 Å². The highest BCUT2D eigenvalue weighted by molar-refractivity contribution is 6.42. The van der Waals surface area contributed by atoms with Crippen LogP contribution in [0.3, 0.4) is 0 Å². The lowest BCUT2D eigenvalue weighted by Gasteiger charge is -2.41. The van der Waals surface area contributed by atoms with Crippen molar-refractivity contribution in [3.63, 3.8) is 0 Å². The average Bonchev–Trinajstić information content (AvgIpc) is 2.82. The summed E-state index contributed by atoms with van der Waals surface area (Å²) in [5.74, 6) is 1.49. The van der Waals surface area contributed by atoms with Crippen LogP contribution >= 0.6 is 23.2 Å². The summed E-state index contributed by atoms with van der Waals surface area (Å²) in [6.07, 6.45) is 6.95. The number of rotatable bonds is 6. The lowest BCUT2D eigenvalue weighted by atomic mass is 9.95. The molecule has 2 aliphatic heterocycles. The van der Waals surface area contributed by atoms with Crippen molar-refractivity contribution in [3.05, 3.63) is 51.4 Å². The highest BCUT2D eigenvalue weighted by atomic mass is 35.5. The SMILES string of the molecule is Cc1c(NCCc2ccc(Cl)c(Cl)c2)ncnc1C(=O)N1CCC(N2CCC[C@H](C)C2)CC1. The molecule has 2 fully saturated rings. The lowest BCUT2D eigenvalue weighted by molar-refractivity contribution is 0.0536. The molecule has 6 nitrogen and oxygen atoms in total. The number of nitrogens with zero attached hydrogens (tertiary/aromatic N) is 4. The molecule has 2 aliphatic rings. The minimum Gasteiger partial charge on any atom is -0.369 e. The maximum atomic E-state index is 13.2. The van der Waals surface area contributed by atoms with E-state index in [0.29, 0.717) is 34.1 Å². The Morgan fingerprint density at radius 3 is 2.64 bits per heavy atom. The molecule has 33 heavy (non-hydrogen) atoms. The fourth-order valence-corrected chi connectivity index (χ4v) is 5.33. The van der Waals surface area contributed by atoms with E-state index in [0.717, 1.165) is 49.4 Å². The fourth-order valence-electron chi connectivity index (χ4n) is 5.01. The minimum absolute atomic E-state index is 0.00731. The van der Waals surface area contributed by atoms with E-state index in [4.69, 9.17) is 23.2 Å². The molecule has 0 radical (unpaired) electrons. The van der Waals surface area contributed by atoms with Crippen LogP contribution in [0.4, 0.5) is 5.82 Å². The Morgan fingerprint density at radius 1 is 1.12 bits per heavy atom. The van der Waals surface area contributed by atoms with Crippen LogP contribution in [-0.4, -0.2) is 64.4 Å². The van der Waals surface area contributed by atoms with Crippen LogP contribution in [0.5, 0.6) is 0 Å². The third-order valence-corrected chi connectivity index (χ3v) is 7.67. The molecule has 1 aromatic carbocycles. The van der Waals surface area contributed by atoms with Crippen molar-refractivity contribution in [2.45, 2.75) is 52.0 Å². The van der Waals surface area contributed by atoms with Gasteiger partial charge in [0.15, 0.2) is 0 Å². The summed E-state index contributed by atoms with van der Waals surface area (Å²) in [5.41, 5.74) is 2.38. The first-order valence-corrected chi connectivity index (χ1v) is 12.7. The molecule has 178 valence electrons. The maximum Gasteiger partial charge on any atom is 0.272 e. The molecule has 2 saturated heterocycles. The van der Waals surface area contributed by atoms with Crippen LogP contribution in [0.2, 0.25) is 10.0 Å². The maximum absolute atomic E-state index is 13.2. The predicted octanol–water partition coefficient (Wildman–Crippen LogP) is 5.08. The summed E-state index contributed by atoms with van der Waals surface area (Å²) in [7, 11) is 0. The highest BCUT2D eigenvalue weighted by Crippen LogP contribution is 2.25. The van der Waals surface area contributed by atoms with Gasteiger partial charge in [-0.3, -0.25) is 9.69 Å². The van der Waals surface area contributed by atoms with E-state index < -0.39 is 0 Å². The topological polar surface area (TPSA) is 61.4 Å². The summed E-state index contributed by atoms with van der Waals surface area (Å²) in [4.78, 5) is 26.5. The number of nitrogens with one attached hydrogen (secondary N) is 1. The first kappa shape index (κ1) is 24.2. The van der Waals surface area contributed by atoms with E-state index in [1.165, 1.54) is 32.3 Å². The summed E-state index contributed by atoms with van der Waals surface area (Å²) < 4.78 is 0. The second kappa shape index (κ2) is 11.0. The van der Waals surface area contributed by atoms with Crippen LogP contribution in [0.15, 0.2) is 24.5 Å². The van der Waals surface area contributed by atoms with Gasteiger partial charge in [0.2, 0.25) is 0 Å². The number of likely N-dealkylation sites (tertiary alicyclic amines) is 2. The summed E-state index contributed by atoms with van der Waals surface area (Å²) in [6, 6.07) is 6.25. The smallest absolute Gasteiger partial charge is 0.272 e. The summed E-state index contributed by atoms with van der Waals surface area (Å²) in [6.45, 7) is 8.90. The van der Waals surface area contributed by atoms with Gasteiger partial charge in [-0.15, -0.1) is 0 Å². The second-order valence-corrected chi connectivity index (χ2v) is 10.2. The monoisotopic (exact) mass is 489 g/mol. The molecule has 0 unspecified atom stereocenters. The Kier molecular flexibility index (Phi) is 8.10. The zero-order valence-electron chi connectivity index (χ0n) is 19.5. The van der Waals surface area contributed by atoms with Crippen molar-refractivity contribution in [1.29, 1.82) is 0 Å². The van der Waals surface area contributed by atoms with E-state index in [1.54, 1.807) is 6.07 Å². The molecule has 1 amide bonds. The van der Waals surface area contributed by atoms with Crippen LogP contribution < -0.4 is 5.32 Å². The van der Waals surface area contributed by atoms with Crippen molar-refractivity contribution < 1.29 is 4.79 Å². The summed E-state index contributed by atoms with van der Waals surface area (Å²) >= 11 is 12.1. The van der Waals surface area contributed by atoms with Crippen LogP contribution in [0.25, 0.3) is 0 Å². The first-order valence-electron chi connectivity index (χ1n) is 11.9. The number of halogens is 2. The van der Waals surface area contributed by atoms with Gasteiger partial charge in [0.25, 0.3) is 5.91 Å². The average molecular weight is 490 g/mol. The Balaban J connectivity index is 1.33. The number of hydrogen-bond acceptors (Lipinski definition) is 5. The van der Waals surface area contributed by atoms with Crippen molar-refractivity contribution in [1.82, 2.24) is 19.8 Å². The van der Waals surface area contributed by atoms with Gasteiger partial charge in [-0.05, 0) is 69.2 Å². The molecule has 1 atom stereocenters. The first-order chi connectivity index (χ1) is 15.9. The Labute approximate surface area is 206 Å². The number of hydrogen-bond donors (Lipinski definition) is 1. The molecule has 0 aliphatic carbocycles. The zero-order chi connectivity index (χ0) is 23.4. The molecule has 1 N–H and O–H groups in total. The number of carbonyl (C=O) groups excluding carboxylic acids is 1. The van der Waals surface area contributed by atoms with E-state index in [2.05, 4.69) is 27.1 Å². The van der Waals surface area contributed by atoms with Gasteiger partial charge < -0.3 is 10.2 Å². The standard InChI is InChI=1S/C25H33Cl2N5O/c1-17-4-3-11-32(15-17)20-8-12-31(13-9-20)25(33)23-18(2)24(30-16-29-23)28-10-7-19-5-6-21(26)22(27)14-19/h5-6,14,16-17,20H,3-4,7-13,15H2,1-2H3,(H,28,29,30)/t17-/m0/s1. The van der Waals surface area contributed by atoms with Gasteiger partial charge in [-0.25, -0.2) is 9.97 Å². The number of aromatic nitrogens is 2. The molecule has 0 spiro atoms. The highest BCUT2D eigenvalue weighted by Gasteiger charge is 2.30. The molecule has 4 rings (SSSR count). The molecule has 3 heterocycles. The molecule has 8 heteroatoms. The van der Waals surface area contributed by atoms with Gasteiger partial charge in [-0.1, -0.05) is 36.2 Å². The van der Waals surface area contributed by atoms with E-state index in [9.17, 15) is 4.79 Å². The number of piperidine rings is 2. The van der Waals surface area contributed by atoms with Gasteiger partial charge >= 0.3 is 0 Å². The third-order valence-electron chi connectivity index (χ3n) is 6.93. The number of benzene rings is 1. The quantitative estimate of drug-likeness (QED) is 0.612. The number of carbonyl (C=O) groups is 1. The molecule has 2 aromatic rings. The largest absolute Gasteiger partial charge is 0.369 e. The Bertz CT molecular complexity index is 977. The summed E-state index contributed by atoms with van der Waals surface area (Å²) in [5, 5.41) is 4.45. The second-order valence-electron chi connectivity index (χ2n) is 9.39. The predicted molar refractivity (Wildman–Crippen MR) is 134 cm³/mol. The van der Waals surface area contributed by atoms with Crippen molar-refractivity contribution in [2.24, 2.45) is 5.92 Å². The minimum atomic E-state index is 0.00731. The van der Waals surface area contributed by atoms with Crippen molar-refractivity contribution in [2.75, 3.05) is 38.0 Å². The van der Waals surface area contributed by atoms with Crippen LogP contribution in [-0.2, 0) is 6.42 Å². The third kappa shape index (κ3) is 5.97. The van der Waals surface area contributed by atoms with Crippen molar-refractivity contribution >= 4 is 34.9 Å². The number of anilines is 1. The van der Waals surface area contributed by atoms with Gasteiger partial charge in [-0.2, -0.15) is 0 Å². The van der Waals surface area contributed by atoms with E-state index >= 15 is 0 Å². The lowest BCUT2D eigenvalue weighted by Crippen LogP contribution is -2.49. The number of amides is 1. The Hall–Kier alpha value is -1.89.